The lowest BCUT2D eigenvalue weighted by atomic mass is 10.1. The van der Waals surface area contributed by atoms with E-state index in [1.807, 2.05) is 42.5 Å². The van der Waals surface area contributed by atoms with Gasteiger partial charge in [-0.1, -0.05) is 54.2 Å². The third kappa shape index (κ3) is 5.98. The van der Waals surface area contributed by atoms with Crippen molar-refractivity contribution in [2.75, 3.05) is 37.7 Å². The van der Waals surface area contributed by atoms with Crippen LogP contribution < -0.4 is 4.90 Å². The maximum absolute atomic E-state index is 13.7. The third-order valence-corrected chi connectivity index (χ3v) is 7.69. The summed E-state index contributed by atoms with van der Waals surface area (Å²) in [6.45, 7) is 3.88. The molecule has 2 heterocycles. The molecule has 0 bridgehead atoms. The Hall–Kier alpha value is -4.11. The summed E-state index contributed by atoms with van der Waals surface area (Å²) in [6, 6.07) is 21.1. The molecule has 3 aromatic carbocycles. The molecule has 39 heavy (non-hydrogen) atoms. The summed E-state index contributed by atoms with van der Waals surface area (Å²) >= 11 is 1.37. The van der Waals surface area contributed by atoms with E-state index < -0.39 is 0 Å². The molecule has 3 aromatic rings. The number of hydrogen-bond acceptors (Lipinski definition) is 5. The maximum Gasteiger partial charge on any atom is 0.409 e. The summed E-state index contributed by atoms with van der Waals surface area (Å²) in [4.78, 5) is 45.5. The largest absolute Gasteiger partial charge is 0.450 e. The molecule has 0 aromatic heterocycles. The highest BCUT2D eigenvalue weighted by Crippen LogP contribution is 2.43. The van der Waals surface area contributed by atoms with Gasteiger partial charge in [0.1, 0.15) is 5.82 Å². The molecule has 0 atom stereocenters. The zero-order valence-electron chi connectivity index (χ0n) is 21.5. The van der Waals surface area contributed by atoms with E-state index in [-0.39, 0.29) is 30.3 Å². The van der Waals surface area contributed by atoms with Crippen molar-refractivity contribution in [3.8, 4) is 0 Å². The lowest BCUT2D eigenvalue weighted by Crippen LogP contribution is -2.50. The number of anilines is 1. The number of ether oxygens (including phenoxy) is 1. The van der Waals surface area contributed by atoms with Crippen LogP contribution in [0.3, 0.4) is 0 Å². The summed E-state index contributed by atoms with van der Waals surface area (Å²) in [7, 11) is 0. The normalized spacial score (nSPS) is 16.3. The fourth-order valence-corrected chi connectivity index (χ4v) is 5.60. The van der Waals surface area contributed by atoms with Gasteiger partial charge in [-0.25, -0.2) is 9.18 Å². The Balaban J connectivity index is 1.42. The maximum atomic E-state index is 13.7. The van der Waals surface area contributed by atoms with Gasteiger partial charge in [-0.15, -0.1) is 0 Å². The second-order valence-electron chi connectivity index (χ2n) is 9.20. The number of rotatable bonds is 5. The zero-order chi connectivity index (χ0) is 27.4. The van der Waals surface area contributed by atoms with Crippen molar-refractivity contribution in [1.29, 1.82) is 0 Å². The van der Waals surface area contributed by atoms with E-state index in [1.165, 1.54) is 23.9 Å². The predicted octanol–water partition coefficient (Wildman–Crippen LogP) is 5.42. The first-order chi connectivity index (χ1) is 18.9. The second-order valence-corrected chi connectivity index (χ2v) is 10.3. The van der Waals surface area contributed by atoms with Gasteiger partial charge in [0.15, 0.2) is 0 Å². The Morgan fingerprint density at radius 3 is 2.33 bits per heavy atom. The topological polar surface area (TPSA) is 70.2 Å². The minimum atomic E-state index is -0.371. The van der Waals surface area contributed by atoms with E-state index in [1.54, 1.807) is 45.9 Å². The number of nitrogens with zero attached hydrogens (tertiary/aromatic N) is 3. The second kappa shape index (κ2) is 11.7. The number of fused-ring (bicyclic) bond motifs is 1. The molecule has 0 N–H and O–H groups in total. The molecule has 7 nitrogen and oxygen atoms in total. The van der Waals surface area contributed by atoms with Crippen molar-refractivity contribution >= 4 is 41.4 Å². The van der Waals surface area contributed by atoms with Crippen LogP contribution >= 0.6 is 11.8 Å². The zero-order valence-corrected chi connectivity index (χ0v) is 22.3. The number of amides is 3. The van der Waals surface area contributed by atoms with Crippen LogP contribution in [0.5, 0.6) is 0 Å². The fourth-order valence-electron chi connectivity index (χ4n) is 4.56. The van der Waals surface area contributed by atoms with Crippen molar-refractivity contribution in [2.24, 2.45) is 0 Å². The van der Waals surface area contributed by atoms with Crippen LogP contribution in [0.4, 0.5) is 14.9 Å². The van der Waals surface area contributed by atoms with Gasteiger partial charge in [0, 0.05) is 36.6 Å². The molecular weight excluding hydrogens is 517 g/mol. The van der Waals surface area contributed by atoms with Gasteiger partial charge in [-0.05, 0) is 54.5 Å². The molecular formula is C30H28FN3O4S. The molecule has 9 heteroatoms. The molecule has 1 saturated heterocycles. The molecule has 2 aliphatic rings. The average molecular weight is 546 g/mol. The molecule has 5 rings (SSSR count). The van der Waals surface area contributed by atoms with Crippen LogP contribution in [0.15, 0.2) is 82.6 Å². The van der Waals surface area contributed by atoms with Crippen LogP contribution in [-0.2, 0) is 16.1 Å². The van der Waals surface area contributed by atoms with Crippen molar-refractivity contribution in [2.45, 2.75) is 18.4 Å². The molecule has 0 unspecified atom stereocenters. The Morgan fingerprint density at radius 1 is 0.949 bits per heavy atom. The number of carbonyl (C=O) groups excluding carboxylic acids is 3. The highest BCUT2D eigenvalue weighted by atomic mass is 32.2. The molecule has 0 radical (unpaired) electrons. The summed E-state index contributed by atoms with van der Waals surface area (Å²) in [6.07, 6.45) is 1.49. The number of hydrogen-bond donors (Lipinski definition) is 0. The van der Waals surface area contributed by atoms with Gasteiger partial charge in [-0.3, -0.25) is 9.59 Å². The van der Waals surface area contributed by atoms with E-state index in [9.17, 15) is 18.8 Å². The van der Waals surface area contributed by atoms with Gasteiger partial charge in [0.05, 0.1) is 23.7 Å². The number of benzene rings is 3. The van der Waals surface area contributed by atoms with Crippen LogP contribution in [0, 0.1) is 5.82 Å². The van der Waals surface area contributed by atoms with Crippen molar-refractivity contribution in [3.63, 3.8) is 0 Å². The third-order valence-electron chi connectivity index (χ3n) is 6.62. The monoisotopic (exact) mass is 545 g/mol. The lowest BCUT2D eigenvalue weighted by molar-refractivity contribution is -0.114. The van der Waals surface area contributed by atoms with Crippen molar-refractivity contribution in [3.05, 3.63) is 100 Å². The lowest BCUT2D eigenvalue weighted by Gasteiger charge is -2.35. The number of thioether (sulfide) groups is 1. The smallest absolute Gasteiger partial charge is 0.409 e. The summed E-state index contributed by atoms with van der Waals surface area (Å²) in [5.74, 6) is -0.695. The summed E-state index contributed by atoms with van der Waals surface area (Å²) < 4.78 is 18.6. The molecule has 0 saturated carbocycles. The predicted molar refractivity (Wildman–Crippen MR) is 149 cm³/mol. The minimum Gasteiger partial charge on any atom is -0.450 e. The van der Waals surface area contributed by atoms with Crippen LogP contribution in [-0.4, -0.2) is 60.5 Å². The quantitative estimate of drug-likeness (QED) is 0.401. The van der Waals surface area contributed by atoms with Gasteiger partial charge in [0.2, 0.25) is 0 Å². The standard InChI is InChI=1S/C30H28FN3O4S/c1-2-38-30(37)33-16-14-32(15-17-33)28(35)23-10-13-26-25(19-23)34(20-22-8-11-24(31)12-9-22)29(36)27(39-26)18-21-6-4-3-5-7-21/h3-13,18-19H,2,14-17,20H2,1H3/b27-18-. The summed E-state index contributed by atoms with van der Waals surface area (Å²) in [5.41, 5.74) is 2.78. The van der Waals surface area contributed by atoms with Crippen molar-refractivity contribution < 1.29 is 23.5 Å². The van der Waals surface area contributed by atoms with E-state index in [0.29, 0.717) is 48.9 Å². The highest BCUT2D eigenvalue weighted by molar-refractivity contribution is 8.04. The van der Waals surface area contributed by atoms with E-state index in [0.717, 1.165) is 16.0 Å². The molecule has 1 fully saturated rings. The summed E-state index contributed by atoms with van der Waals surface area (Å²) in [5, 5.41) is 0. The molecule has 2 aliphatic heterocycles. The van der Waals surface area contributed by atoms with E-state index >= 15 is 0 Å². The van der Waals surface area contributed by atoms with E-state index in [2.05, 4.69) is 0 Å². The van der Waals surface area contributed by atoms with Gasteiger partial charge < -0.3 is 19.4 Å². The molecule has 0 aliphatic carbocycles. The molecule has 3 amide bonds. The van der Waals surface area contributed by atoms with Gasteiger partial charge >= 0.3 is 6.09 Å². The molecule has 200 valence electrons. The Labute approximate surface area is 230 Å². The highest BCUT2D eigenvalue weighted by Gasteiger charge is 2.31. The van der Waals surface area contributed by atoms with Crippen LogP contribution in [0.1, 0.15) is 28.4 Å². The van der Waals surface area contributed by atoms with Gasteiger partial charge in [0.25, 0.3) is 11.8 Å². The Kier molecular flexibility index (Phi) is 7.97. The fraction of sp³-hybridized carbons (Fsp3) is 0.233. The average Bonchev–Trinajstić information content (AvgIpc) is 2.96. The number of carbonyl (C=O) groups is 3. The molecule has 0 spiro atoms. The Morgan fingerprint density at radius 2 is 1.64 bits per heavy atom. The first-order valence-corrected chi connectivity index (χ1v) is 13.6. The van der Waals surface area contributed by atoms with Crippen molar-refractivity contribution in [1.82, 2.24) is 9.80 Å². The van der Waals surface area contributed by atoms with E-state index in [4.69, 9.17) is 4.74 Å². The number of piperazine rings is 1. The SMILES string of the molecule is CCOC(=O)N1CCN(C(=O)c2ccc3c(c2)N(Cc2ccc(F)cc2)C(=O)/C(=C/c2ccccc2)S3)CC1. The van der Waals surface area contributed by atoms with Gasteiger partial charge in [-0.2, -0.15) is 0 Å². The Bertz CT molecular complexity index is 1400. The first-order valence-electron chi connectivity index (χ1n) is 12.8. The van der Waals surface area contributed by atoms with Crippen LogP contribution in [0.2, 0.25) is 0 Å². The first kappa shape index (κ1) is 26.5. The number of halogens is 1. The minimum absolute atomic E-state index is 0.161. The van der Waals surface area contributed by atoms with Crippen LogP contribution in [0.25, 0.3) is 6.08 Å².